The summed E-state index contributed by atoms with van der Waals surface area (Å²) in [5, 5.41) is 8.50. The number of hydrogen-bond acceptors (Lipinski definition) is 3. The molecule has 0 aliphatic carbocycles. The third kappa shape index (κ3) is 2.03. The van der Waals surface area contributed by atoms with Crippen molar-refractivity contribution in [1.82, 2.24) is 9.32 Å². The number of nitrogens with zero attached hydrogens (tertiary/aromatic N) is 2. The van der Waals surface area contributed by atoms with E-state index in [-0.39, 0.29) is 6.42 Å². The highest BCUT2D eigenvalue weighted by molar-refractivity contribution is 7.14. The summed E-state index contributed by atoms with van der Waals surface area (Å²) in [6.07, 6.45) is 3.55. The quantitative estimate of drug-likeness (QED) is 0.623. The van der Waals surface area contributed by atoms with Crippen molar-refractivity contribution in [2.45, 2.75) is 12.5 Å². The van der Waals surface area contributed by atoms with Crippen LogP contribution in [0.4, 0.5) is 0 Å². The molecule has 1 aromatic heterocycles. The molecule has 0 aromatic carbocycles. The monoisotopic (exact) mass is 187 g/mol. The van der Waals surface area contributed by atoms with E-state index >= 15 is 0 Å². The molecule has 6 heteroatoms. The van der Waals surface area contributed by atoms with E-state index in [2.05, 4.69) is 14.4 Å². The van der Waals surface area contributed by atoms with Gasteiger partial charge in [-0.2, -0.15) is 0 Å². The number of aliphatic carboxylic acids is 1. The van der Waals surface area contributed by atoms with Gasteiger partial charge in [0.2, 0.25) is 0 Å². The lowest BCUT2D eigenvalue weighted by atomic mass is 10.2. The van der Waals surface area contributed by atoms with Crippen LogP contribution >= 0.6 is 9.39 Å². The lowest BCUT2D eigenvalue weighted by Gasteiger charge is -2.04. The van der Waals surface area contributed by atoms with Gasteiger partial charge >= 0.3 is 5.97 Å². The Morgan fingerprint density at radius 2 is 2.58 bits per heavy atom. The van der Waals surface area contributed by atoms with Crippen molar-refractivity contribution in [2.75, 3.05) is 0 Å². The van der Waals surface area contributed by atoms with Crippen LogP contribution in [0.3, 0.4) is 0 Å². The molecule has 2 atom stereocenters. The number of carboxylic acids is 1. The fourth-order valence-corrected chi connectivity index (χ4v) is 1.04. The molecule has 0 bridgehead atoms. The molecule has 0 aliphatic heterocycles. The maximum absolute atomic E-state index is 10.4. The summed E-state index contributed by atoms with van der Waals surface area (Å²) >= 11 is 0. The second-order valence-electron chi connectivity index (χ2n) is 2.40. The van der Waals surface area contributed by atoms with Crippen LogP contribution in [0.2, 0.25) is 0 Å². The first-order valence-electron chi connectivity index (χ1n) is 3.37. The largest absolute Gasteiger partial charge is 0.480 e. The van der Waals surface area contributed by atoms with Gasteiger partial charge in [-0.1, -0.05) is 0 Å². The summed E-state index contributed by atoms with van der Waals surface area (Å²) in [5.74, 6) is -0.363. The number of imidazole rings is 1. The first-order chi connectivity index (χ1) is 5.61. The number of hydrogen-bond donors (Lipinski definition) is 2. The molecule has 3 N–H and O–H groups in total. The maximum Gasteiger partial charge on any atom is 0.320 e. The zero-order chi connectivity index (χ0) is 9.14. The Hall–Kier alpha value is -0.930. The Morgan fingerprint density at radius 3 is 3.00 bits per heavy atom. The van der Waals surface area contributed by atoms with Gasteiger partial charge in [-0.05, 0) is 9.39 Å². The zero-order valence-electron chi connectivity index (χ0n) is 6.34. The average molecular weight is 187 g/mol. The lowest BCUT2D eigenvalue weighted by molar-refractivity contribution is -0.138. The van der Waals surface area contributed by atoms with Gasteiger partial charge < -0.3 is 15.2 Å². The van der Waals surface area contributed by atoms with Gasteiger partial charge in [0.1, 0.15) is 11.9 Å². The number of carboxylic acid groups (broad SMARTS) is 1. The van der Waals surface area contributed by atoms with Crippen molar-refractivity contribution in [3.63, 3.8) is 0 Å². The maximum atomic E-state index is 10.4. The third-order valence-electron chi connectivity index (χ3n) is 1.47. The normalized spacial score (nSPS) is 12.8. The van der Waals surface area contributed by atoms with Gasteiger partial charge in [0.15, 0.2) is 0 Å². The van der Waals surface area contributed by atoms with Crippen molar-refractivity contribution in [2.24, 2.45) is 5.73 Å². The van der Waals surface area contributed by atoms with Crippen LogP contribution in [0.25, 0.3) is 0 Å². The number of rotatable bonds is 3. The molecule has 1 rings (SSSR count). The van der Waals surface area contributed by atoms with E-state index < -0.39 is 12.0 Å². The summed E-state index contributed by atoms with van der Waals surface area (Å²) in [7, 11) is 2.40. The Labute approximate surface area is 71.8 Å². The predicted octanol–water partition coefficient (Wildman–Crippen LogP) is -0.524. The summed E-state index contributed by atoms with van der Waals surface area (Å²) in [6.45, 7) is 0. The number of nitrogens with two attached hydrogens (primary N) is 1. The van der Waals surface area contributed by atoms with E-state index in [9.17, 15) is 4.79 Å². The summed E-state index contributed by atoms with van der Waals surface area (Å²) < 4.78 is 1.67. The van der Waals surface area contributed by atoms with Crippen molar-refractivity contribution in [1.29, 1.82) is 0 Å². The molecule has 66 valence electrons. The SMILES string of the molecule is NC(Cc1nccn1P)C(=O)O. The lowest BCUT2D eigenvalue weighted by Crippen LogP contribution is -2.32. The zero-order valence-corrected chi connectivity index (χ0v) is 7.50. The molecule has 0 amide bonds. The molecule has 0 saturated carbocycles. The van der Waals surface area contributed by atoms with Crippen LogP contribution in [0, 0.1) is 0 Å². The van der Waals surface area contributed by atoms with Crippen LogP contribution < -0.4 is 5.73 Å². The molecule has 0 saturated heterocycles. The molecular weight excluding hydrogens is 177 g/mol. The highest BCUT2D eigenvalue weighted by Crippen LogP contribution is 2.03. The minimum absolute atomic E-state index is 0.242. The molecular formula is C6H10N3O2P. The van der Waals surface area contributed by atoms with E-state index in [1.54, 1.807) is 16.7 Å². The van der Waals surface area contributed by atoms with Crippen LogP contribution in [-0.2, 0) is 11.2 Å². The minimum Gasteiger partial charge on any atom is -0.480 e. The molecule has 0 radical (unpaired) electrons. The number of aromatic nitrogens is 2. The fraction of sp³-hybridized carbons (Fsp3) is 0.333. The van der Waals surface area contributed by atoms with Crippen LogP contribution in [0.15, 0.2) is 12.4 Å². The minimum atomic E-state index is -1.01. The average Bonchev–Trinajstić information content (AvgIpc) is 2.36. The van der Waals surface area contributed by atoms with Crippen LogP contribution in [0.1, 0.15) is 5.82 Å². The molecule has 0 spiro atoms. The van der Waals surface area contributed by atoms with Gasteiger partial charge in [0.05, 0.1) is 0 Å². The third-order valence-corrected chi connectivity index (χ3v) is 1.94. The molecule has 0 aliphatic rings. The second-order valence-corrected chi connectivity index (χ2v) is 2.96. The van der Waals surface area contributed by atoms with E-state index in [0.29, 0.717) is 5.82 Å². The van der Waals surface area contributed by atoms with E-state index in [4.69, 9.17) is 10.8 Å². The molecule has 1 heterocycles. The van der Waals surface area contributed by atoms with Gasteiger partial charge in [0.25, 0.3) is 0 Å². The first kappa shape index (κ1) is 9.16. The summed E-state index contributed by atoms with van der Waals surface area (Å²) in [6, 6.07) is -0.883. The number of carbonyl (C=O) groups is 1. The predicted molar refractivity (Wildman–Crippen MR) is 46.7 cm³/mol. The second kappa shape index (κ2) is 3.65. The van der Waals surface area contributed by atoms with Crippen molar-refractivity contribution >= 4 is 15.4 Å². The standard InChI is InChI=1S/C6H10N3O2P/c7-4(6(10)11)3-5-8-1-2-9(5)12/h1-2,4H,3,7,12H2,(H,10,11). The first-order valence-corrected chi connectivity index (χ1v) is 3.88. The highest BCUT2D eigenvalue weighted by atomic mass is 31.0. The Bertz CT molecular complexity index is 286. The Kier molecular flexibility index (Phi) is 2.78. The Morgan fingerprint density at radius 1 is 1.92 bits per heavy atom. The van der Waals surface area contributed by atoms with E-state index in [1.807, 2.05) is 0 Å². The summed E-state index contributed by atoms with van der Waals surface area (Å²) in [5.41, 5.74) is 5.31. The van der Waals surface area contributed by atoms with Gasteiger partial charge in [-0.3, -0.25) is 4.79 Å². The van der Waals surface area contributed by atoms with Crippen LogP contribution in [0.5, 0.6) is 0 Å². The van der Waals surface area contributed by atoms with E-state index in [1.165, 1.54) is 0 Å². The summed E-state index contributed by atoms with van der Waals surface area (Å²) in [4.78, 5) is 14.3. The smallest absolute Gasteiger partial charge is 0.320 e. The molecule has 5 nitrogen and oxygen atoms in total. The van der Waals surface area contributed by atoms with Crippen molar-refractivity contribution in [3.8, 4) is 0 Å². The molecule has 2 unspecified atom stereocenters. The van der Waals surface area contributed by atoms with Gasteiger partial charge in [-0.15, -0.1) is 0 Å². The molecule has 1 aromatic rings. The topological polar surface area (TPSA) is 81.1 Å². The van der Waals surface area contributed by atoms with Crippen LogP contribution in [-0.4, -0.2) is 26.4 Å². The Balaban J connectivity index is 2.64. The van der Waals surface area contributed by atoms with Crippen molar-refractivity contribution < 1.29 is 9.90 Å². The fourth-order valence-electron chi connectivity index (χ4n) is 0.786. The van der Waals surface area contributed by atoms with Gasteiger partial charge in [-0.25, -0.2) is 4.98 Å². The molecule has 0 fully saturated rings. The highest BCUT2D eigenvalue weighted by Gasteiger charge is 2.14. The molecule has 12 heavy (non-hydrogen) atoms. The van der Waals surface area contributed by atoms with E-state index in [0.717, 1.165) is 0 Å². The van der Waals surface area contributed by atoms with Gasteiger partial charge in [0, 0.05) is 18.8 Å². The van der Waals surface area contributed by atoms with Crippen molar-refractivity contribution in [3.05, 3.63) is 18.2 Å².